The van der Waals surface area contributed by atoms with E-state index in [2.05, 4.69) is 0 Å². The zero-order chi connectivity index (χ0) is 9.84. The molecule has 1 N–H and O–H groups in total. The minimum atomic E-state index is -1.15. The van der Waals surface area contributed by atoms with Gasteiger partial charge in [-0.2, -0.15) is 0 Å². The Balaban J connectivity index is 2.81. The number of hydrogen-bond acceptors (Lipinski definition) is 3. The lowest BCUT2D eigenvalue weighted by Crippen LogP contribution is -1.94. The molecular formula is C8H5ClO3S. The van der Waals surface area contributed by atoms with E-state index in [0.717, 1.165) is 12.2 Å². The maximum Gasteiger partial charge on any atom is 0.328 e. The van der Waals surface area contributed by atoms with E-state index >= 15 is 0 Å². The summed E-state index contributed by atoms with van der Waals surface area (Å²) in [5.41, 5.74) is 0. The van der Waals surface area contributed by atoms with Gasteiger partial charge in [0.25, 0.3) is 0 Å². The Bertz CT molecular complexity index is 367. The van der Waals surface area contributed by atoms with Crippen LogP contribution in [0.2, 0.25) is 5.02 Å². The molecule has 0 aromatic carbocycles. The van der Waals surface area contributed by atoms with Gasteiger partial charge in [0.05, 0.1) is 9.90 Å². The molecule has 0 saturated carbocycles. The maximum absolute atomic E-state index is 11.2. The average Bonchev–Trinajstić information content (AvgIpc) is 2.47. The van der Waals surface area contributed by atoms with Gasteiger partial charge in [-0.1, -0.05) is 11.6 Å². The van der Waals surface area contributed by atoms with Gasteiger partial charge in [0.15, 0.2) is 5.78 Å². The Morgan fingerprint density at radius 3 is 2.62 bits per heavy atom. The van der Waals surface area contributed by atoms with Crippen LogP contribution in [0.25, 0.3) is 0 Å². The molecular weight excluding hydrogens is 212 g/mol. The third kappa shape index (κ3) is 2.68. The minimum absolute atomic E-state index is 0.352. The first-order valence-corrected chi connectivity index (χ1v) is 4.55. The van der Waals surface area contributed by atoms with Gasteiger partial charge in [-0.3, -0.25) is 4.79 Å². The molecule has 5 heteroatoms. The van der Waals surface area contributed by atoms with Crippen molar-refractivity contribution in [1.82, 2.24) is 0 Å². The number of carboxylic acids is 1. The second kappa shape index (κ2) is 4.20. The predicted octanol–water partition coefficient (Wildman–Crippen LogP) is 2.23. The number of carbonyl (C=O) groups excluding carboxylic acids is 1. The standard InChI is InChI=1S/C8H5ClO3S/c9-5-3-4-13-8(5)6(10)1-2-7(11)12/h1-4H,(H,11,12)/b2-1+. The highest BCUT2D eigenvalue weighted by Gasteiger charge is 2.08. The van der Waals surface area contributed by atoms with Crippen molar-refractivity contribution in [3.05, 3.63) is 33.5 Å². The topological polar surface area (TPSA) is 54.4 Å². The molecule has 1 heterocycles. The Morgan fingerprint density at radius 1 is 1.46 bits per heavy atom. The molecule has 0 aliphatic heterocycles. The van der Waals surface area contributed by atoms with Crippen molar-refractivity contribution in [2.45, 2.75) is 0 Å². The Kier molecular flexibility index (Phi) is 3.22. The Labute approximate surface area is 83.3 Å². The van der Waals surface area contributed by atoms with Crippen LogP contribution < -0.4 is 0 Å². The van der Waals surface area contributed by atoms with Gasteiger partial charge in [0, 0.05) is 6.08 Å². The van der Waals surface area contributed by atoms with E-state index in [4.69, 9.17) is 16.7 Å². The number of carboxylic acid groups (broad SMARTS) is 1. The zero-order valence-electron chi connectivity index (χ0n) is 6.36. The number of ketones is 1. The number of hydrogen-bond donors (Lipinski definition) is 1. The lowest BCUT2D eigenvalue weighted by Gasteiger charge is -1.88. The van der Waals surface area contributed by atoms with Crippen LogP contribution in [0.3, 0.4) is 0 Å². The lowest BCUT2D eigenvalue weighted by molar-refractivity contribution is -0.131. The summed E-state index contributed by atoms with van der Waals surface area (Å²) in [5.74, 6) is -1.54. The molecule has 3 nitrogen and oxygen atoms in total. The molecule has 1 aromatic heterocycles. The summed E-state index contributed by atoms with van der Waals surface area (Å²) in [6.07, 6.45) is 1.78. The quantitative estimate of drug-likeness (QED) is 0.623. The van der Waals surface area contributed by atoms with Crippen LogP contribution in [0.15, 0.2) is 23.6 Å². The highest BCUT2D eigenvalue weighted by Crippen LogP contribution is 2.22. The number of rotatable bonds is 3. The zero-order valence-corrected chi connectivity index (χ0v) is 7.93. The van der Waals surface area contributed by atoms with Crippen molar-refractivity contribution < 1.29 is 14.7 Å². The minimum Gasteiger partial charge on any atom is -0.478 e. The van der Waals surface area contributed by atoms with Crippen molar-refractivity contribution in [3.63, 3.8) is 0 Å². The maximum atomic E-state index is 11.2. The molecule has 0 aliphatic carbocycles. The SMILES string of the molecule is O=C(O)/C=C/C(=O)c1sccc1Cl. The van der Waals surface area contributed by atoms with Crippen LogP contribution in [0.5, 0.6) is 0 Å². The number of thiophene rings is 1. The molecule has 13 heavy (non-hydrogen) atoms. The van der Waals surface area contributed by atoms with Gasteiger partial charge in [0.1, 0.15) is 0 Å². The first kappa shape index (κ1) is 9.95. The van der Waals surface area contributed by atoms with E-state index in [1.165, 1.54) is 11.3 Å². The van der Waals surface area contributed by atoms with E-state index in [1.807, 2.05) is 0 Å². The number of halogens is 1. The summed E-state index contributed by atoms with van der Waals surface area (Å²) in [4.78, 5) is 21.7. The molecule has 0 fully saturated rings. The second-order valence-electron chi connectivity index (χ2n) is 2.13. The van der Waals surface area contributed by atoms with Crippen LogP contribution in [-0.4, -0.2) is 16.9 Å². The van der Waals surface area contributed by atoms with Crippen molar-refractivity contribution in [3.8, 4) is 0 Å². The Hall–Kier alpha value is -1.13. The van der Waals surface area contributed by atoms with Crippen LogP contribution in [0.4, 0.5) is 0 Å². The van der Waals surface area contributed by atoms with E-state index in [9.17, 15) is 9.59 Å². The lowest BCUT2D eigenvalue weighted by atomic mass is 10.3. The second-order valence-corrected chi connectivity index (χ2v) is 3.46. The molecule has 1 aromatic rings. The third-order valence-electron chi connectivity index (χ3n) is 1.22. The molecule has 0 bridgehead atoms. The van der Waals surface area contributed by atoms with Gasteiger partial charge in [-0.05, 0) is 17.5 Å². The number of carbonyl (C=O) groups is 2. The molecule has 0 unspecified atom stereocenters. The summed E-state index contributed by atoms with van der Waals surface area (Å²) in [6, 6.07) is 1.59. The molecule has 0 amide bonds. The first-order chi connectivity index (χ1) is 6.11. The molecule has 0 spiro atoms. The van der Waals surface area contributed by atoms with Crippen LogP contribution in [0, 0.1) is 0 Å². The number of allylic oxidation sites excluding steroid dienone is 1. The summed E-state index contributed by atoms with van der Waals surface area (Å²) in [6.45, 7) is 0. The van der Waals surface area contributed by atoms with Crippen molar-refractivity contribution >= 4 is 34.7 Å². The van der Waals surface area contributed by atoms with Gasteiger partial charge >= 0.3 is 5.97 Å². The van der Waals surface area contributed by atoms with Gasteiger partial charge in [-0.15, -0.1) is 11.3 Å². The monoisotopic (exact) mass is 216 g/mol. The molecule has 0 radical (unpaired) electrons. The molecule has 0 atom stereocenters. The highest BCUT2D eigenvalue weighted by molar-refractivity contribution is 7.13. The van der Waals surface area contributed by atoms with E-state index in [0.29, 0.717) is 9.90 Å². The largest absolute Gasteiger partial charge is 0.478 e. The van der Waals surface area contributed by atoms with Crippen LogP contribution >= 0.6 is 22.9 Å². The summed E-state index contributed by atoms with van der Waals surface area (Å²) in [7, 11) is 0. The molecule has 1 rings (SSSR count). The molecule has 68 valence electrons. The van der Waals surface area contributed by atoms with Crippen molar-refractivity contribution in [1.29, 1.82) is 0 Å². The van der Waals surface area contributed by atoms with E-state index in [-0.39, 0.29) is 5.78 Å². The molecule has 0 aliphatic rings. The van der Waals surface area contributed by atoms with Gasteiger partial charge in [-0.25, -0.2) is 4.79 Å². The fraction of sp³-hybridized carbons (Fsp3) is 0. The van der Waals surface area contributed by atoms with Crippen molar-refractivity contribution in [2.75, 3.05) is 0 Å². The predicted molar refractivity (Wildman–Crippen MR) is 50.4 cm³/mol. The summed E-state index contributed by atoms with van der Waals surface area (Å²) < 4.78 is 0. The third-order valence-corrected chi connectivity index (χ3v) is 2.57. The van der Waals surface area contributed by atoms with Gasteiger partial charge < -0.3 is 5.11 Å². The Morgan fingerprint density at radius 2 is 2.15 bits per heavy atom. The van der Waals surface area contributed by atoms with Crippen LogP contribution in [-0.2, 0) is 4.79 Å². The summed E-state index contributed by atoms with van der Waals surface area (Å²) >= 11 is 6.84. The normalized spacial score (nSPS) is 10.5. The van der Waals surface area contributed by atoms with Gasteiger partial charge in [0.2, 0.25) is 0 Å². The summed E-state index contributed by atoms with van der Waals surface area (Å²) in [5, 5.41) is 10.3. The van der Waals surface area contributed by atoms with E-state index < -0.39 is 5.97 Å². The van der Waals surface area contributed by atoms with Crippen molar-refractivity contribution in [2.24, 2.45) is 0 Å². The average molecular weight is 217 g/mol. The fourth-order valence-corrected chi connectivity index (χ4v) is 1.76. The fourth-order valence-electron chi connectivity index (χ4n) is 0.692. The smallest absolute Gasteiger partial charge is 0.328 e. The van der Waals surface area contributed by atoms with Crippen LogP contribution in [0.1, 0.15) is 9.67 Å². The van der Waals surface area contributed by atoms with E-state index in [1.54, 1.807) is 11.4 Å². The highest BCUT2D eigenvalue weighted by atomic mass is 35.5. The number of aliphatic carboxylic acids is 1. The molecule has 0 saturated heterocycles. The first-order valence-electron chi connectivity index (χ1n) is 3.29.